The van der Waals surface area contributed by atoms with Gasteiger partial charge in [-0.05, 0) is 69.8 Å². The van der Waals surface area contributed by atoms with Crippen molar-refractivity contribution in [2.45, 2.75) is 32.4 Å². The molecule has 174 valence electrons. The van der Waals surface area contributed by atoms with Crippen LogP contribution in [0.2, 0.25) is 4.34 Å². The van der Waals surface area contributed by atoms with Crippen LogP contribution in [0.25, 0.3) is 5.57 Å². The number of hydrogen-bond donors (Lipinski definition) is 1. The van der Waals surface area contributed by atoms with Gasteiger partial charge in [-0.25, -0.2) is 17.2 Å². The van der Waals surface area contributed by atoms with Gasteiger partial charge in [0.25, 0.3) is 0 Å². The van der Waals surface area contributed by atoms with Crippen LogP contribution < -0.4 is 9.62 Å². The topological polar surface area (TPSA) is 69.7 Å². The zero-order valence-electron chi connectivity index (χ0n) is 18.0. The number of nitrogens with zero attached hydrogens (tertiary/aromatic N) is 2. The van der Waals surface area contributed by atoms with Gasteiger partial charge < -0.3 is 9.80 Å². The molecule has 1 aromatic carbocycles. The number of thiophene rings is 1. The molecule has 1 saturated heterocycles. The van der Waals surface area contributed by atoms with E-state index in [1.807, 2.05) is 0 Å². The lowest BCUT2D eigenvalue weighted by Gasteiger charge is -2.23. The number of anilines is 1. The minimum absolute atomic E-state index is 0.00826. The van der Waals surface area contributed by atoms with Crippen molar-refractivity contribution in [1.29, 1.82) is 0 Å². The predicted molar refractivity (Wildman–Crippen MR) is 124 cm³/mol. The van der Waals surface area contributed by atoms with Crippen molar-refractivity contribution in [3.8, 4) is 0 Å². The lowest BCUT2D eigenvalue weighted by atomic mass is 10.1. The van der Waals surface area contributed by atoms with Crippen molar-refractivity contribution in [3.05, 3.63) is 56.1 Å². The molecule has 0 saturated carbocycles. The maximum absolute atomic E-state index is 14.8. The largest absolute Gasteiger partial charge is 0.306 e. The van der Waals surface area contributed by atoms with Crippen molar-refractivity contribution in [2.75, 3.05) is 25.5 Å². The van der Waals surface area contributed by atoms with Crippen molar-refractivity contribution in [1.82, 2.24) is 9.62 Å². The van der Waals surface area contributed by atoms with Crippen LogP contribution in [0.3, 0.4) is 0 Å². The predicted octanol–water partition coefficient (Wildman–Crippen LogP) is 4.39. The van der Waals surface area contributed by atoms with Crippen molar-refractivity contribution in [2.24, 2.45) is 0 Å². The van der Waals surface area contributed by atoms with E-state index in [1.54, 1.807) is 45.0 Å². The van der Waals surface area contributed by atoms with Gasteiger partial charge in [0.05, 0.1) is 9.74 Å². The Kier molecular flexibility index (Phi) is 7.41. The number of carbonyl (C=O) groups is 1. The Hall–Kier alpha value is -1.85. The van der Waals surface area contributed by atoms with Crippen LogP contribution in [0.5, 0.6) is 0 Å². The highest BCUT2D eigenvalue weighted by Crippen LogP contribution is 2.32. The van der Waals surface area contributed by atoms with Gasteiger partial charge >= 0.3 is 0 Å². The Balaban J connectivity index is 1.79. The fraction of sp³-hybridized carbons (Fsp3) is 0.381. The van der Waals surface area contributed by atoms with Gasteiger partial charge in [-0.2, -0.15) is 4.72 Å². The monoisotopic (exact) mass is 503 g/mol. The highest BCUT2D eigenvalue weighted by molar-refractivity contribution is 7.92. The zero-order valence-corrected chi connectivity index (χ0v) is 20.4. The van der Waals surface area contributed by atoms with Gasteiger partial charge in [-0.15, -0.1) is 11.3 Å². The molecule has 0 spiro atoms. The number of benzene rings is 1. The summed E-state index contributed by atoms with van der Waals surface area (Å²) in [6.45, 7) is 3.41. The minimum atomic E-state index is -3.98. The van der Waals surface area contributed by atoms with Crippen LogP contribution in [0, 0.1) is 11.6 Å². The van der Waals surface area contributed by atoms with Gasteiger partial charge in [0, 0.05) is 17.5 Å². The third-order valence-corrected chi connectivity index (χ3v) is 8.02. The first kappa shape index (κ1) is 24.8. The van der Waals surface area contributed by atoms with Crippen molar-refractivity contribution >= 4 is 50.1 Å². The average molecular weight is 504 g/mol. The van der Waals surface area contributed by atoms with E-state index in [0.717, 1.165) is 10.3 Å². The highest BCUT2D eigenvalue weighted by Gasteiger charge is 2.37. The standard InChI is InChI=1S/C21H24ClF2N3O3S2/c1-12(18-5-6-19(22)31-18)11-32(29,30)25-17-7-8-27(21(17)28)20-15(23)9-14(10-16(20)24)13(2)26(3)4/h5-6,9-11,13,17,25H,7-8H2,1-4H3/b12-11+. The van der Waals surface area contributed by atoms with E-state index in [9.17, 15) is 22.0 Å². The molecule has 1 N–H and O–H groups in total. The number of rotatable bonds is 7. The number of hydrogen-bond acceptors (Lipinski definition) is 5. The molecule has 2 aromatic rings. The third kappa shape index (κ3) is 5.37. The van der Waals surface area contributed by atoms with Crippen LogP contribution >= 0.6 is 22.9 Å². The summed E-state index contributed by atoms with van der Waals surface area (Å²) in [5.41, 5.74) is 0.428. The number of nitrogens with one attached hydrogen (secondary N) is 1. The van der Waals surface area contributed by atoms with E-state index >= 15 is 0 Å². The van der Waals surface area contributed by atoms with E-state index in [0.29, 0.717) is 20.4 Å². The maximum Gasteiger partial charge on any atom is 0.245 e. The Morgan fingerprint density at radius 2 is 1.94 bits per heavy atom. The molecule has 1 aliphatic rings. The summed E-state index contributed by atoms with van der Waals surface area (Å²) in [5.74, 6) is -2.43. The highest BCUT2D eigenvalue weighted by atomic mass is 35.5. The van der Waals surface area contributed by atoms with Crippen LogP contribution in [0.1, 0.15) is 36.8 Å². The fourth-order valence-electron chi connectivity index (χ4n) is 3.44. The van der Waals surface area contributed by atoms with E-state index in [2.05, 4.69) is 4.72 Å². The first-order valence-electron chi connectivity index (χ1n) is 9.82. The molecule has 1 fully saturated rings. The van der Waals surface area contributed by atoms with Crippen LogP contribution in [-0.4, -0.2) is 45.9 Å². The van der Waals surface area contributed by atoms with E-state index in [-0.39, 0.29) is 19.0 Å². The number of amides is 1. The number of sulfonamides is 1. The van der Waals surface area contributed by atoms with Crippen LogP contribution in [0.4, 0.5) is 14.5 Å². The summed E-state index contributed by atoms with van der Waals surface area (Å²) in [6.07, 6.45) is 0.0878. The van der Waals surface area contributed by atoms with Crippen molar-refractivity contribution < 1.29 is 22.0 Å². The van der Waals surface area contributed by atoms with E-state index < -0.39 is 39.3 Å². The Morgan fingerprint density at radius 1 is 1.31 bits per heavy atom. The van der Waals surface area contributed by atoms with Crippen LogP contribution in [-0.2, 0) is 14.8 Å². The molecule has 3 rings (SSSR count). The molecule has 11 heteroatoms. The number of carbonyl (C=O) groups excluding carboxylic acids is 1. The molecule has 6 nitrogen and oxygen atoms in total. The number of halogens is 3. The Bertz CT molecular complexity index is 1140. The molecule has 1 aliphatic heterocycles. The zero-order chi connectivity index (χ0) is 23.8. The van der Waals surface area contributed by atoms with Crippen molar-refractivity contribution in [3.63, 3.8) is 0 Å². The normalized spacial score (nSPS) is 18.6. The van der Waals surface area contributed by atoms with E-state index in [1.165, 1.54) is 23.5 Å². The Morgan fingerprint density at radius 3 is 2.47 bits per heavy atom. The first-order valence-corrected chi connectivity index (χ1v) is 12.6. The smallest absolute Gasteiger partial charge is 0.245 e. The quantitative estimate of drug-likeness (QED) is 0.608. The van der Waals surface area contributed by atoms with Gasteiger partial charge in [0.15, 0.2) is 0 Å². The van der Waals surface area contributed by atoms with Gasteiger partial charge in [-0.1, -0.05) is 11.6 Å². The summed E-state index contributed by atoms with van der Waals surface area (Å²) in [4.78, 5) is 16.2. The molecule has 0 bridgehead atoms. The SMILES string of the molecule is C/C(=C\S(=O)(=O)NC1CCN(c2c(F)cc(C(C)N(C)C)cc2F)C1=O)c1ccc(Cl)s1. The second-order valence-corrected chi connectivity index (χ2v) is 11.1. The summed E-state index contributed by atoms with van der Waals surface area (Å²) in [6, 6.07) is 4.41. The molecule has 2 atom stereocenters. The molecule has 2 heterocycles. The molecule has 1 aromatic heterocycles. The summed E-state index contributed by atoms with van der Waals surface area (Å²) in [7, 11) is -0.398. The third-order valence-electron chi connectivity index (χ3n) is 5.37. The fourth-order valence-corrected chi connectivity index (χ4v) is 5.81. The van der Waals surface area contributed by atoms with Gasteiger partial charge in [-0.3, -0.25) is 4.79 Å². The summed E-state index contributed by atoms with van der Waals surface area (Å²) in [5, 5.41) is 1.02. The maximum atomic E-state index is 14.8. The van der Waals surface area contributed by atoms with Gasteiger partial charge in [0.1, 0.15) is 23.4 Å². The Labute approximate surface area is 195 Å². The lowest BCUT2D eigenvalue weighted by Crippen LogP contribution is -2.41. The average Bonchev–Trinajstić information content (AvgIpc) is 3.27. The number of allylic oxidation sites excluding steroid dienone is 1. The first-order chi connectivity index (χ1) is 14.9. The second kappa shape index (κ2) is 9.56. The second-order valence-electron chi connectivity index (χ2n) is 7.87. The molecule has 32 heavy (non-hydrogen) atoms. The molecular weight excluding hydrogens is 480 g/mol. The minimum Gasteiger partial charge on any atom is -0.306 e. The molecule has 2 unspecified atom stereocenters. The van der Waals surface area contributed by atoms with Gasteiger partial charge in [0.2, 0.25) is 15.9 Å². The van der Waals surface area contributed by atoms with Crippen LogP contribution in [0.15, 0.2) is 29.7 Å². The lowest BCUT2D eigenvalue weighted by molar-refractivity contribution is -0.118. The molecule has 0 aliphatic carbocycles. The summed E-state index contributed by atoms with van der Waals surface area (Å²) < 4.78 is 57.5. The molecular formula is C21H24ClF2N3O3S2. The molecule has 1 amide bonds. The van der Waals surface area contributed by atoms with E-state index in [4.69, 9.17) is 11.6 Å². The summed E-state index contributed by atoms with van der Waals surface area (Å²) >= 11 is 7.12. The molecule has 0 radical (unpaired) electrons.